The van der Waals surface area contributed by atoms with E-state index in [0.29, 0.717) is 35.5 Å². The second-order valence-corrected chi connectivity index (χ2v) is 8.88. The van der Waals surface area contributed by atoms with Crippen molar-refractivity contribution in [3.8, 4) is 0 Å². The average Bonchev–Trinajstić information content (AvgIpc) is 3.29. The number of aliphatic hydroxyl groups is 1. The van der Waals surface area contributed by atoms with Gasteiger partial charge < -0.3 is 19.4 Å². The van der Waals surface area contributed by atoms with Crippen molar-refractivity contribution in [1.29, 1.82) is 0 Å². The van der Waals surface area contributed by atoms with E-state index in [4.69, 9.17) is 4.52 Å². The van der Waals surface area contributed by atoms with E-state index in [2.05, 4.69) is 12.1 Å². The van der Waals surface area contributed by atoms with Crippen LogP contribution >= 0.6 is 0 Å². The third-order valence-electron chi connectivity index (χ3n) is 6.08. The van der Waals surface area contributed by atoms with Gasteiger partial charge in [-0.05, 0) is 44.4 Å². The molecule has 3 rings (SSSR count). The van der Waals surface area contributed by atoms with Gasteiger partial charge in [0.05, 0.1) is 11.8 Å². The molecule has 0 aromatic carbocycles. The first kappa shape index (κ1) is 20.8. The Balaban J connectivity index is 1.49. The molecule has 3 atom stereocenters. The highest BCUT2D eigenvalue weighted by atomic mass is 16.5. The van der Waals surface area contributed by atoms with Crippen molar-refractivity contribution in [2.75, 3.05) is 27.2 Å². The van der Waals surface area contributed by atoms with Crippen LogP contribution in [0.2, 0.25) is 0 Å². The van der Waals surface area contributed by atoms with Crippen molar-refractivity contribution in [1.82, 2.24) is 15.0 Å². The average molecular weight is 392 g/mol. The van der Waals surface area contributed by atoms with Gasteiger partial charge in [-0.3, -0.25) is 9.59 Å². The molecule has 3 unspecified atom stereocenters. The lowest BCUT2D eigenvalue weighted by molar-refractivity contribution is -0.132. The second-order valence-electron chi connectivity index (χ2n) is 8.88. The van der Waals surface area contributed by atoms with Gasteiger partial charge in [0, 0.05) is 39.5 Å². The monoisotopic (exact) mass is 391 g/mol. The maximum atomic E-state index is 12.8. The molecule has 1 aromatic rings. The molecule has 2 amide bonds. The van der Waals surface area contributed by atoms with Crippen LogP contribution in [0.4, 0.5) is 0 Å². The van der Waals surface area contributed by atoms with Crippen molar-refractivity contribution in [3.05, 3.63) is 17.0 Å². The standard InChI is InChI=1S/C21H33N3O4/c1-13-5-6-15(9-13)10-18(26)23(3)11-17(25)12-24(4)21(27)19-14(2)28-22-20(19)16-7-8-16/h13,15-17,25H,5-12H2,1-4H3. The number of amides is 2. The summed E-state index contributed by atoms with van der Waals surface area (Å²) < 4.78 is 5.23. The molecule has 2 fully saturated rings. The number of nitrogens with zero attached hydrogens (tertiary/aromatic N) is 3. The van der Waals surface area contributed by atoms with Crippen molar-refractivity contribution in [2.45, 2.75) is 64.4 Å². The van der Waals surface area contributed by atoms with Gasteiger partial charge in [0.25, 0.3) is 5.91 Å². The Morgan fingerprint density at radius 3 is 2.46 bits per heavy atom. The lowest BCUT2D eigenvalue weighted by Gasteiger charge is -2.26. The van der Waals surface area contributed by atoms with Crippen LogP contribution in [-0.4, -0.2) is 65.2 Å². The van der Waals surface area contributed by atoms with Crippen LogP contribution in [0.3, 0.4) is 0 Å². The van der Waals surface area contributed by atoms with Gasteiger partial charge in [0.15, 0.2) is 0 Å². The van der Waals surface area contributed by atoms with Crippen molar-refractivity contribution < 1.29 is 19.2 Å². The highest BCUT2D eigenvalue weighted by Crippen LogP contribution is 2.41. The molecule has 2 aliphatic rings. The fourth-order valence-electron chi connectivity index (χ4n) is 4.26. The zero-order valence-corrected chi connectivity index (χ0v) is 17.5. The predicted molar refractivity (Wildman–Crippen MR) is 105 cm³/mol. The SMILES string of the molecule is Cc1onc(C2CC2)c1C(=O)N(C)CC(O)CN(C)C(=O)CC1CCC(C)C1. The number of hydrogen-bond acceptors (Lipinski definition) is 5. The molecule has 0 spiro atoms. The summed E-state index contributed by atoms with van der Waals surface area (Å²) in [7, 11) is 3.39. The molecule has 7 heteroatoms. The van der Waals surface area contributed by atoms with Crippen molar-refractivity contribution in [3.63, 3.8) is 0 Å². The number of carbonyl (C=O) groups excluding carboxylic acids is 2. The topological polar surface area (TPSA) is 86.9 Å². The van der Waals surface area contributed by atoms with Crippen LogP contribution in [0.15, 0.2) is 4.52 Å². The summed E-state index contributed by atoms with van der Waals surface area (Å²) in [6.45, 7) is 4.35. The van der Waals surface area contributed by atoms with Crippen LogP contribution in [0.1, 0.15) is 73.2 Å². The van der Waals surface area contributed by atoms with Crippen LogP contribution in [0, 0.1) is 18.8 Å². The molecule has 1 aromatic heterocycles. The minimum Gasteiger partial charge on any atom is -0.389 e. The fraction of sp³-hybridized carbons (Fsp3) is 0.762. The summed E-state index contributed by atoms with van der Waals surface area (Å²) >= 11 is 0. The lowest BCUT2D eigenvalue weighted by Crippen LogP contribution is -2.42. The third kappa shape index (κ3) is 4.93. The molecule has 0 bridgehead atoms. The Labute approximate surface area is 167 Å². The van der Waals surface area contributed by atoms with Gasteiger partial charge in [0.1, 0.15) is 11.3 Å². The molecule has 0 radical (unpaired) electrons. The van der Waals surface area contributed by atoms with Crippen molar-refractivity contribution in [2.24, 2.45) is 11.8 Å². The van der Waals surface area contributed by atoms with Crippen LogP contribution in [-0.2, 0) is 4.79 Å². The van der Waals surface area contributed by atoms with E-state index in [0.717, 1.165) is 31.4 Å². The molecule has 7 nitrogen and oxygen atoms in total. The number of rotatable bonds is 8. The zero-order valence-electron chi connectivity index (χ0n) is 17.5. The molecule has 28 heavy (non-hydrogen) atoms. The van der Waals surface area contributed by atoms with Crippen LogP contribution in [0.5, 0.6) is 0 Å². The largest absolute Gasteiger partial charge is 0.389 e. The van der Waals surface area contributed by atoms with Gasteiger partial charge in [-0.1, -0.05) is 18.5 Å². The number of aryl methyl sites for hydroxylation is 1. The fourth-order valence-corrected chi connectivity index (χ4v) is 4.26. The lowest BCUT2D eigenvalue weighted by atomic mass is 10.0. The molecular weight excluding hydrogens is 358 g/mol. The Bertz CT molecular complexity index is 713. The van der Waals surface area contributed by atoms with Gasteiger partial charge in [-0.15, -0.1) is 0 Å². The third-order valence-corrected chi connectivity index (χ3v) is 6.08. The molecule has 2 saturated carbocycles. The Hall–Kier alpha value is -1.89. The minimum atomic E-state index is -0.796. The first-order chi connectivity index (χ1) is 13.3. The summed E-state index contributed by atoms with van der Waals surface area (Å²) in [5, 5.41) is 14.5. The normalized spacial score (nSPS) is 22.9. The van der Waals surface area contributed by atoms with Gasteiger partial charge in [0.2, 0.25) is 5.91 Å². The molecule has 0 aliphatic heterocycles. The molecule has 0 saturated heterocycles. The zero-order chi connectivity index (χ0) is 20.4. The summed E-state index contributed by atoms with van der Waals surface area (Å²) in [6, 6.07) is 0. The molecule has 1 heterocycles. The van der Waals surface area contributed by atoms with E-state index in [9.17, 15) is 14.7 Å². The van der Waals surface area contributed by atoms with Gasteiger partial charge >= 0.3 is 0 Å². The Morgan fingerprint density at radius 1 is 1.18 bits per heavy atom. The summed E-state index contributed by atoms with van der Waals surface area (Å²) in [5.74, 6) is 1.88. The Kier molecular flexibility index (Phi) is 6.43. The molecular formula is C21H33N3O4. The van der Waals surface area contributed by atoms with Crippen molar-refractivity contribution >= 4 is 11.8 Å². The number of likely N-dealkylation sites (N-methyl/N-ethyl adjacent to an activating group) is 2. The minimum absolute atomic E-state index is 0.0676. The first-order valence-corrected chi connectivity index (χ1v) is 10.4. The maximum absolute atomic E-state index is 12.8. The predicted octanol–water partition coefficient (Wildman–Crippen LogP) is 2.58. The van der Waals surface area contributed by atoms with E-state index in [1.807, 2.05) is 0 Å². The van der Waals surface area contributed by atoms with E-state index < -0.39 is 6.10 Å². The van der Waals surface area contributed by atoms with E-state index in [1.165, 1.54) is 11.3 Å². The molecule has 156 valence electrons. The number of aromatic nitrogens is 1. The van der Waals surface area contributed by atoms with Gasteiger partial charge in [-0.25, -0.2) is 0 Å². The first-order valence-electron chi connectivity index (χ1n) is 10.4. The summed E-state index contributed by atoms with van der Waals surface area (Å²) in [6.07, 6.45) is 5.24. The smallest absolute Gasteiger partial charge is 0.259 e. The van der Waals surface area contributed by atoms with E-state index in [-0.39, 0.29) is 24.9 Å². The second kappa shape index (κ2) is 8.64. The van der Waals surface area contributed by atoms with E-state index in [1.54, 1.807) is 25.9 Å². The highest BCUT2D eigenvalue weighted by molar-refractivity contribution is 5.96. The van der Waals surface area contributed by atoms with Crippen LogP contribution in [0.25, 0.3) is 0 Å². The molecule has 1 N–H and O–H groups in total. The maximum Gasteiger partial charge on any atom is 0.259 e. The van der Waals surface area contributed by atoms with E-state index >= 15 is 0 Å². The number of carbonyl (C=O) groups is 2. The number of aliphatic hydroxyl groups excluding tert-OH is 1. The summed E-state index contributed by atoms with van der Waals surface area (Å²) in [5.41, 5.74) is 1.26. The quantitative estimate of drug-likeness (QED) is 0.736. The highest BCUT2D eigenvalue weighted by Gasteiger charge is 2.34. The Morgan fingerprint density at radius 2 is 1.86 bits per heavy atom. The number of hydrogen-bond donors (Lipinski definition) is 1. The summed E-state index contributed by atoms with van der Waals surface area (Å²) in [4.78, 5) is 28.3. The molecule has 2 aliphatic carbocycles. The van der Waals surface area contributed by atoms with Crippen LogP contribution < -0.4 is 0 Å². The van der Waals surface area contributed by atoms with Gasteiger partial charge in [-0.2, -0.15) is 0 Å².